The van der Waals surface area contributed by atoms with E-state index >= 15 is 0 Å². The van der Waals surface area contributed by atoms with Crippen LogP contribution in [0.5, 0.6) is 0 Å². The van der Waals surface area contributed by atoms with Gasteiger partial charge >= 0.3 is 0 Å². The Morgan fingerprint density at radius 3 is 0.667 bits per heavy atom. The molecule has 75 heavy (non-hydrogen) atoms. The van der Waals surface area contributed by atoms with Crippen molar-refractivity contribution in [2.45, 2.75) is 0 Å². The predicted octanol–water partition coefficient (Wildman–Crippen LogP) is -20.6. The zero-order valence-electron chi connectivity index (χ0n) is 39.6. The molecule has 10 aromatic rings. The summed E-state index contributed by atoms with van der Waals surface area (Å²) < 4.78 is 6.18. The van der Waals surface area contributed by atoms with Crippen LogP contribution in [-0.4, -0.2) is 220 Å². The molecule has 0 saturated carbocycles. The number of hydrogen-bond acceptors (Lipinski definition) is 1. The zero-order valence-corrected chi connectivity index (χ0v) is 39.6. The number of hydrogen-bond donors (Lipinski definition) is 0. The third kappa shape index (κ3) is 6.85. The summed E-state index contributed by atoms with van der Waals surface area (Å²) in [4.78, 5) is 0. The van der Waals surface area contributed by atoms with E-state index in [1.165, 1.54) is 0 Å². The van der Waals surface area contributed by atoms with Gasteiger partial charge in [0.05, 0.1) is 0 Å². The van der Waals surface area contributed by atoms with Gasteiger partial charge in [0.1, 0.15) is 231 Å². The van der Waals surface area contributed by atoms with Crippen molar-refractivity contribution < 1.29 is 4.42 Å². The van der Waals surface area contributed by atoms with Crippen LogP contribution in [0.4, 0.5) is 0 Å². The summed E-state index contributed by atoms with van der Waals surface area (Å²) in [5.41, 5.74) is -4.63. The normalized spacial score (nSPS) is 11.9. The molecule has 10 rings (SSSR count). The molecule has 0 saturated heterocycles. The molecular weight excluding hydrogens is 871 g/mol. The molecule has 0 spiro atoms. The maximum atomic E-state index is 7.23. The highest BCUT2D eigenvalue weighted by atomic mass is 16.3. The highest BCUT2D eigenvalue weighted by molar-refractivity contribution is 6.78. The van der Waals surface area contributed by atoms with Gasteiger partial charge in [-0.15, -0.1) is 43.7 Å². The van der Waals surface area contributed by atoms with Crippen molar-refractivity contribution in [3.63, 3.8) is 0 Å². The van der Waals surface area contributed by atoms with Crippen LogP contribution in [0.15, 0.2) is 4.42 Å². The lowest BCUT2D eigenvalue weighted by atomic mass is 9.55. The summed E-state index contributed by atoms with van der Waals surface area (Å²) in [6.07, 6.45) is 0. The quantitative estimate of drug-likeness (QED) is 0.0979. The minimum atomic E-state index is -0.284. The largest absolute Gasteiger partial charge is 0.457 e. The van der Waals surface area contributed by atoms with Crippen LogP contribution in [-0.2, 0) is 0 Å². The second-order valence-electron chi connectivity index (χ2n) is 18.3. The van der Waals surface area contributed by atoms with Gasteiger partial charge in [0.25, 0.3) is 0 Å². The molecule has 274 valence electrons. The second kappa shape index (κ2) is 18.1. The molecule has 29 heteroatoms. The number of benzene rings is 9. The Bertz CT molecular complexity index is 4330. The molecule has 0 atom stereocenters. The molecule has 56 radical (unpaired) electrons. The Labute approximate surface area is 472 Å². The van der Waals surface area contributed by atoms with E-state index in [4.69, 9.17) is 224 Å². The van der Waals surface area contributed by atoms with Crippen molar-refractivity contribution in [2.75, 3.05) is 0 Å². The predicted molar refractivity (Wildman–Crippen MR) is 351 cm³/mol. The average molecular weight is 871 g/mol. The van der Waals surface area contributed by atoms with Gasteiger partial charge in [0.2, 0.25) is 0 Å². The summed E-state index contributed by atoms with van der Waals surface area (Å²) in [6, 6.07) is 0. The van der Waals surface area contributed by atoms with Crippen LogP contribution >= 0.6 is 0 Å². The van der Waals surface area contributed by atoms with E-state index in [-0.39, 0.29) is 251 Å². The van der Waals surface area contributed by atoms with Gasteiger partial charge < -0.3 is 4.42 Å². The first kappa shape index (κ1) is 54.0. The second-order valence-corrected chi connectivity index (χ2v) is 18.3. The zero-order chi connectivity index (χ0) is 55.3. The van der Waals surface area contributed by atoms with Gasteiger partial charge in [-0.3, -0.25) is 0 Å². The summed E-state index contributed by atoms with van der Waals surface area (Å²) in [5.74, 6) is 0. The fourth-order valence-electron chi connectivity index (χ4n) is 10.7. The Morgan fingerprint density at radius 2 is 0.293 bits per heavy atom. The van der Waals surface area contributed by atoms with Crippen LogP contribution in [0.25, 0.3) is 98.4 Å². The Kier molecular flexibility index (Phi) is 13.0. The summed E-state index contributed by atoms with van der Waals surface area (Å²) in [6.45, 7) is 0. The monoisotopic (exact) mass is 876 g/mol. The lowest BCUT2D eigenvalue weighted by Gasteiger charge is -2.33. The van der Waals surface area contributed by atoms with Crippen molar-refractivity contribution in [3.05, 3.63) is 0 Å². The fourth-order valence-corrected chi connectivity index (χ4v) is 10.7. The Balaban J connectivity index is 1.43. The van der Waals surface area contributed by atoms with Crippen LogP contribution < -0.4 is 153 Å². The van der Waals surface area contributed by atoms with Crippen LogP contribution in [0.2, 0.25) is 0 Å². The van der Waals surface area contributed by atoms with Crippen molar-refractivity contribution in [1.29, 1.82) is 0 Å². The number of fused-ring (bicyclic) bond motifs is 8. The van der Waals surface area contributed by atoms with Gasteiger partial charge in [-0.2, -0.15) is 0 Å². The topological polar surface area (TPSA) is 13.1 Å². The van der Waals surface area contributed by atoms with Crippen molar-refractivity contribution in [1.82, 2.24) is 0 Å². The molecule has 0 N–H and O–H groups in total. The van der Waals surface area contributed by atoms with E-state index in [2.05, 4.69) is 0 Å². The molecule has 0 unspecified atom stereocenters. The Morgan fingerprint density at radius 1 is 0.120 bits per heavy atom. The Hall–Kier alpha value is -4.36. The van der Waals surface area contributed by atoms with Crippen molar-refractivity contribution >= 4 is 438 Å². The maximum absolute atomic E-state index is 7.23. The molecule has 0 aliphatic carbocycles. The molecule has 1 aromatic heterocycles. The van der Waals surface area contributed by atoms with Crippen molar-refractivity contribution in [2.24, 2.45) is 0 Å². The average Bonchev–Trinajstić information content (AvgIpc) is 3.80. The maximum Gasteiger partial charge on any atom is 0.127 e. The molecule has 1 nitrogen and oxygen atoms in total. The van der Waals surface area contributed by atoms with Crippen molar-refractivity contribution in [3.8, 4) is 33.4 Å². The van der Waals surface area contributed by atoms with Gasteiger partial charge in [-0.1, -0.05) is 109 Å². The standard InChI is InChI=1S/C46B28O/c47-17-7-8-12(32(62)40(70)39(69)23(8)53)28(58)26(56)11(7)27(57)29(59)13(17)14-30(60)24(54)10(25(55)31(14)61)2-5-3(19(49)35(65)37(67)21(5)51)1(4-6(2)22(52)38(68)36(66)20(4)50)9-18(48)15-16-34(64)41(71)42(72)44(74)46(16)75-45(15)43(73)33(9)63. The van der Waals surface area contributed by atoms with E-state index in [0.29, 0.717) is 0 Å². The minimum Gasteiger partial charge on any atom is -0.457 e. The minimum absolute atomic E-state index is 0.000192. The van der Waals surface area contributed by atoms with E-state index in [0.717, 1.165) is 0 Å². The van der Waals surface area contributed by atoms with Crippen LogP contribution in [0.1, 0.15) is 0 Å². The summed E-state index contributed by atoms with van der Waals surface area (Å²) in [7, 11) is 190. The van der Waals surface area contributed by atoms with E-state index in [1.54, 1.807) is 0 Å². The lowest BCUT2D eigenvalue weighted by molar-refractivity contribution is 0.675. The SMILES string of the molecule is [B]c1c([B])c(-c2c3c([B])c([B])c([B])c([B])c3c(-c3c([B])c([B])c4oc5c([B])c([B])c([B])c([B])c5c4c3[B])c3c([B])c([B])c([B])c([B])c23)c([B])c([B])c1-c1c([B])c([B])c2c([B])c([B])c3c([B])c([B])c([B])c([B])c3c2c1[B]. The molecule has 0 fully saturated rings. The molecule has 0 aliphatic rings. The highest BCUT2D eigenvalue weighted by Crippen LogP contribution is 2.40. The van der Waals surface area contributed by atoms with E-state index < -0.39 is 0 Å². The van der Waals surface area contributed by atoms with Gasteiger partial charge in [-0.05, 0) is 76.5 Å². The van der Waals surface area contributed by atoms with E-state index in [1.807, 2.05) is 0 Å². The van der Waals surface area contributed by atoms with Crippen LogP contribution in [0.3, 0.4) is 0 Å². The summed E-state index contributed by atoms with van der Waals surface area (Å²) in [5, 5.41) is 0.614. The smallest absolute Gasteiger partial charge is 0.127 e. The first-order valence-corrected chi connectivity index (χ1v) is 22.0. The van der Waals surface area contributed by atoms with E-state index in [9.17, 15) is 0 Å². The fraction of sp³-hybridized carbons (Fsp3) is 0. The molecule has 0 amide bonds. The number of furan rings is 1. The van der Waals surface area contributed by atoms with Gasteiger partial charge in [0, 0.05) is 10.8 Å². The van der Waals surface area contributed by atoms with Crippen LogP contribution in [0, 0.1) is 0 Å². The van der Waals surface area contributed by atoms with Gasteiger partial charge in [-0.25, -0.2) is 0 Å². The molecule has 9 aromatic carbocycles. The molecular formula is C46B28O. The first-order chi connectivity index (χ1) is 35.0. The highest BCUT2D eigenvalue weighted by Gasteiger charge is 2.31. The third-order valence-corrected chi connectivity index (χ3v) is 14.7. The first-order valence-electron chi connectivity index (χ1n) is 22.0. The lowest BCUT2D eigenvalue weighted by Crippen LogP contribution is -2.52. The molecule has 0 bridgehead atoms. The molecule has 1 heterocycles. The third-order valence-electron chi connectivity index (χ3n) is 14.7. The summed E-state index contributed by atoms with van der Waals surface area (Å²) >= 11 is 0. The van der Waals surface area contributed by atoms with Gasteiger partial charge in [0.15, 0.2) is 0 Å². The molecule has 0 aliphatic heterocycles. The number of rotatable bonds is 3.